The van der Waals surface area contributed by atoms with Gasteiger partial charge in [-0.05, 0) is 30.9 Å². The average molecular weight is 304 g/mol. The zero-order valence-corrected chi connectivity index (χ0v) is 13.5. The number of nitrogens with one attached hydrogen (secondary N) is 1. The fourth-order valence-corrected chi connectivity index (χ4v) is 2.82. The van der Waals surface area contributed by atoms with Crippen molar-refractivity contribution in [3.05, 3.63) is 30.1 Å². The number of ether oxygens (including phenoxy) is 1. The van der Waals surface area contributed by atoms with Crippen molar-refractivity contribution in [2.75, 3.05) is 19.7 Å². The van der Waals surface area contributed by atoms with Gasteiger partial charge in [0.05, 0.1) is 19.3 Å². The van der Waals surface area contributed by atoms with Crippen LogP contribution in [0.4, 0.5) is 0 Å². The first kappa shape index (κ1) is 16.7. The van der Waals surface area contributed by atoms with Gasteiger partial charge in [-0.25, -0.2) is 0 Å². The second kappa shape index (κ2) is 9.41. The summed E-state index contributed by atoms with van der Waals surface area (Å²) >= 11 is 0. The molecule has 2 rings (SSSR count). The first-order valence-corrected chi connectivity index (χ1v) is 8.31. The third-order valence-corrected chi connectivity index (χ3v) is 4.15. The molecule has 0 aromatic carbocycles. The molecule has 0 unspecified atom stereocenters. The van der Waals surface area contributed by atoms with Gasteiger partial charge in [-0.1, -0.05) is 25.8 Å². The van der Waals surface area contributed by atoms with E-state index in [-0.39, 0.29) is 0 Å². The van der Waals surface area contributed by atoms with Crippen LogP contribution in [0, 0.1) is 5.92 Å². The highest BCUT2D eigenvalue weighted by Gasteiger charge is 2.21. The van der Waals surface area contributed by atoms with Gasteiger partial charge in [-0.2, -0.15) is 0 Å². The highest BCUT2D eigenvalue weighted by Crippen LogP contribution is 2.25. The summed E-state index contributed by atoms with van der Waals surface area (Å²) < 4.78 is 5.92. The molecule has 0 saturated heterocycles. The fraction of sp³-hybridized carbons (Fsp3) is 0.647. The van der Waals surface area contributed by atoms with Crippen LogP contribution in [0.3, 0.4) is 0 Å². The Hall–Kier alpha value is -1.62. The van der Waals surface area contributed by atoms with E-state index >= 15 is 0 Å². The zero-order valence-electron chi connectivity index (χ0n) is 13.5. The smallest absolute Gasteiger partial charge is 0.188 e. The Kier molecular flexibility index (Phi) is 7.16. The van der Waals surface area contributed by atoms with E-state index < -0.39 is 0 Å². The minimum atomic E-state index is 0.405. The normalized spacial score (nSPS) is 22.5. The lowest BCUT2D eigenvalue weighted by atomic mass is 9.88. The van der Waals surface area contributed by atoms with Crippen molar-refractivity contribution >= 4 is 5.96 Å². The van der Waals surface area contributed by atoms with Gasteiger partial charge in [0.15, 0.2) is 5.96 Å². The van der Waals surface area contributed by atoms with E-state index in [0.29, 0.717) is 31.1 Å². The van der Waals surface area contributed by atoms with Crippen molar-refractivity contribution in [3.63, 3.8) is 0 Å². The van der Waals surface area contributed by atoms with Crippen LogP contribution in [-0.2, 0) is 11.2 Å². The molecule has 122 valence electrons. The van der Waals surface area contributed by atoms with Crippen molar-refractivity contribution in [2.45, 2.75) is 45.1 Å². The number of aromatic nitrogens is 1. The monoisotopic (exact) mass is 304 g/mol. The molecule has 1 heterocycles. The van der Waals surface area contributed by atoms with Crippen molar-refractivity contribution < 1.29 is 4.74 Å². The first-order chi connectivity index (χ1) is 10.8. The molecule has 1 aliphatic rings. The first-order valence-electron chi connectivity index (χ1n) is 8.31. The van der Waals surface area contributed by atoms with Crippen LogP contribution < -0.4 is 11.1 Å². The predicted octanol–water partition coefficient (Wildman–Crippen LogP) is 2.12. The number of hydrogen-bond donors (Lipinski definition) is 2. The van der Waals surface area contributed by atoms with Crippen molar-refractivity contribution in [1.82, 2.24) is 10.3 Å². The Morgan fingerprint density at radius 2 is 2.27 bits per heavy atom. The van der Waals surface area contributed by atoms with E-state index in [1.807, 2.05) is 18.2 Å². The quantitative estimate of drug-likeness (QED) is 0.460. The second-order valence-electron chi connectivity index (χ2n) is 5.94. The van der Waals surface area contributed by atoms with E-state index in [2.05, 4.69) is 22.2 Å². The summed E-state index contributed by atoms with van der Waals surface area (Å²) in [5.74, 6) is 1.16. The van der Waals surface area contributed by atoms with Crippen molar-refractivity contribution in [3.8, 4) is 0 Å². The van der Waals surface area contributed by atoms with Crippen LogP contribution in [0.15, 0.2) is 29.4 Å². The van der Waals surface area contributed by atoms with Crippen molar-refractivity contribution in [2.24, 2.45) is 16.6 Å². The Labute approximate surface area is 133 Å². The number of aliphatic imine (C=N–C) groups is 1. The molecule has 5 nitrogen and oxygen atoms in total. The van der Waals surface area contributed by atoms with Gasteiger partial charge in [0.1, 0.15) is 0 Å². The summed E-state index contributed by atoms with van der Waals surface area (Å²) in [7, 11) is 0. The molecule has 1 aromatic heterocycles. The lowest BCUT2D eigenvalue weighted by Crippen LogP contribution is -2.34. The summed E-state index contributed by atoms with van der Waals surface area (Å²) in [6, 6.07) is 5.91. The Bertz CT molecular complexity index is 449. The van der Waals surface area contributed by atoms with Crippen LogP contribution in [-0.4, -0.2) is 36.7 Å². The summed E-state index contributed by atoms with van der Waals surface area (Å²) in [6.45, 7) is 4.29. The van der Waals surface area contributed by atoms with E-state index in [0.717, 1.165) is 18.7 Å². The number of hydrogen-bond acceptors (Lipinski definition) is 3. The molecule has 5 heteroatoms. The lowest BCUT2D eigenvalue weighted by molar-refractivity contribution is -0.000654. The largest absolute Gasteiger partial charge is 0.376 e. The molecule has 1 saturated carbocycles. The zero-order chi connectivity index (χ0) is 15.6. The molecule has 0 aliphatic heterocycles. The molecule has 2 atom stereocenters. The highest BCUT2D eigenvalue weighted by molar-refractivity contribution is 5.77. The molecule has 1 aliphatic carbocycles. The lowest BCUT2D eigenvalue weighted by Gasteiger charge is -2.28. The maximum Gasteiger partial charge on any atom is 0.188 e. The molecule has 3 N–H and O–H groups in total. The standard InChI is InChI=1S/C17H28N4O/c1-14-6-2-3-8-16(14)22-13-12-21-17(18)20-11-9-15-7-4-5-10-19-15/h4-5,7,10,14,16H,2-3,6,8-9,11-13H2,1H3,(H3,18,20,21)/t14-,16+/m1/s1. The fourth-order valence-electron chi connectivity index (χ4n) is 2.82. The molecule has 1 aromatic rings. The number of nitrogens with zero attached hydrogens (tertiary/aromatic N) is 2. The summed E-state index contributed by atoms with van der Waals surface area (Å²) in [6.07, 6.45) is 8.14. The third-order valence-electron chi connectivity index (χ3n) is 4.15. The maximum absolute atomic E-state index is 5.92. The van der Waals surface area contributed by atoms with Gasteiger partial charge in [0.25, 0.3) is 0 Å². The highest BCUT2D eigenvalue weighted by atomic mass is 16.5. The summed E-state index contributed by atoms with van der Waals surface area (Å²) in [5, 5.41) is 3.11. The van der Waals surface area contributed by atoms with Crippen LogP contribution in [0.1, 0.15) is 38.3 Å². The van der Waals surface area contributed by atoms with Gasteiger partial charge in [0.2, 0.25) is 0 Å². The maximum atomic E-state index is 5.92. The van der Waals surface area contributed by atoms with E-state index in [1.54, 1.807) is 6.20 Å². The topological polar surface area (TPSA) is 72.5 Å². The van der Waals surface area contributed by atoms with Crippen LogP contribution in [0.25, 0.3) is 0 Å². The molecule has 0 radical (unpaired) electrons. The molecule has 0 bridgehead atoms. The van der Waals surface area contributed by atoms with Crippen LogP contribution in [0.2, 0.25) is 0 Å². The minimum absolute atomic E-state index is 0.405. The molecular formula is C17H28N4O. The second-order valence-corrected chi connectivity index (χ2v) is 5.94. The Morgan fingerprint density at radius 3 is 3.05 bits per heavy atom. The van der Waals surface area contributed by atoms with Crippen LogP contribution in [0.5, 0.6) is 0 Å². The van der Waals surface area contributed by atoms with Crippen LogP contribution >= 0.6 is 0 Å². The number of pyridine rings is 1. The number of guanidine groups is 1. The molecule has 0 amide bonds. The van der Waals surface area contributed by atoms with Gasteiger partial charge in [-0.15, -0.1) is 0 Å². The van der Waals surface area contributed by atoms with E-state index in [9.17, 15) is 0 Å². The van der Waals surface area contributed by atoms with E-state index in [1.165, 1.54) is 25.7 Å². The Balaban J connectivity index is 1.57. The minimum Gasteiger partial charge on any atom is -0.376 e. The van der Waals surface area contributed by atoms with Gasteiger partial charge >= 0.3 is 0 Å². The van der Waals surface area contributed by atoms with Gasteiger partial charge in [-0.3, -0.25) is 9.98 Å². The third kappa shape index (κ3) is 6.02. The number of rotatable bonds is 7. The summed E-state index contributed by atoms with van der Waals surface area (Å²) in [5.41, 5.74) is 6.90. The molecule has 1 fully saturated rings. The summed E-state index contributed by atoms with van der Waals surface area (Å²) in [4.78, 5) is 8.57. The van der Waals surface area contributed by atoms with Crippen molar-refractivity contribution in [1.29, 1.82) is 0 Å². The molecular weight excluding hydrogens is 276 g/mol. The van der Waals surface area contributed by atoms with E-state index in [4.69, 9.17) is 10.5 Å². The Morgan fingerprint density at radius 1 is 1.41 bits per heavy atom. The average Bonchev–Trinajstić information content (AvgIpc) is 2.54. The molecule has 22 heavy (non-hydrogen) atoms. The SMILES string of the molecule is C[C@@H]1CCCC[C@@H]1OCCN=C(N)NCCc1ccccn1. The predicted molar refractivity (Wildman–Crippen MR) is 89.8 cm³/mol. The van der Waals surface area contributed by atoms with Gasteiger partial charge in [0, 0.05) is 24.9 Å². The van der Waals surface area contributed by atoms with Gasteiger partial charge < -0.3 is 15.8 Å². The number of nitrogens with two attached hydrogens (primary N) is 1. The molecule has 0 spiro atoms.